The van der Waals surface area contributed by atoms with Crippen LogP contribution in [0.4, 0.5) is 35.5 Å². The van der Waals surface area contributed by atoms with Gasteiger partial charge in [-0.2, -0.15) is 13.2 Å². The molecule has 2 heterocycles. The van der Waals surface area contributed by atoms with Crippen molar-refractivity contribution in [1.29, 1.82) is 0 Å². The molecule has 0 spiro atoms. The standard InChI is InChI=1S/C21H18F3N5O2S/c1-11-17(32-20(26-11)29-18(30)12-5-6-12)13-7-8-25-16(9-13)27-14-3-2-4-15(10-14)28-19(31)21(22,23)24/h2-4,7-10,12H,5-6H2,1H3,(H,25,27)(H,28,31)(H,26,29,30). The van der Waals surface area contributed by atoms with E-state index in [1.807, 2.05) is 12.2 Å². The molecule has 1 aromatic carbocycles. The zero-order chi connectivity index (χ0) is 22.9. The number of aryl methyl sites for hydroxylation is 1. The lowest BCUT2D eigenvalue weighted by Crippen LogP contribution is -2.29. The smallest absolute Gasteiger partial charge is 0.340 e. The third-order valence-electron chi connectivity index (χ3n) is 4.65. The molecule has 2 aromatic heterocycles. The van der Waals surface area contributed by atoms with E-state index in [1.165, 1.54) is 29.5 Å². The van der Waals surface area contributed by atoms with Crippen LogP contribution >= 0.6 is 11.3 Å². The largest absolute Gasteiger partial charge is 0.471 e. The highest BCUT2D eigenvalue weighted by Gasteiger charge is 2.38. The van der Waals surface area contributed by atoms with E-state index in [2.05, 4.69) is 20.6 Å². The first kappa shape index (κ1) is 21.8. The first-order valence-corrected chi connectivity index (χ1v) is 10.5. The Labute approximate surface area is 185 Å². The fourth-order valence-electron chi connectivity index (χ4n) is 2.94. The van der Waals surface area contributed by atoms with Gasteiger partial charge in [0, 0.05) is 23.5 Å². The molecule has 3 N–H and O–H groups in total. The number of rotatable bonds is 6. The monoisotopic (exact) mass is 461 g/mol. The van der Waals surface area contributed by atoms with Crippen LogP contribution in [0.15, 0.2) is 42.6 Å². The normalized spacial score (nSPS) is 13.5. The van der Waals surface area contributed by atoms with Crippen LogP contribution in [0.25, 0.3) is 10.4 Å². The van der Waals surface area contributed by atoms with Crippen LogP contribution in [-0.2, 0) is 9.59 Å². The summed E-state index contributed by atoms with van der Waals surface area (Å²) >= 11 is 1.36. The van der Waals surface area contributed by atoms with Gasteiger partial charge in [-0.1, -0.05) is 17.4 Å². The fraction of sp³-hybridized carbons (Fsp3) is 0.238. The first-order valence-electron chi connectivity index (χ1n) is 9.69. The molecule has 0 saturated heterocycles. The van der Waals surface area contributed by atoms with Crippen LogP contribution in [0.1, 0.15) is 18.5 Å². The summed E-state index contributed by atoms with van der Waals surface area (Å²) in [5.41, 5.74) is 2.04. The maximum atomic E-state index is 12.5. The number of hydrogen-bond donors (Lipinski definition) is 3. The molecule has 0 atom stereocenters. The van der Waals surface area contributed by atoms with Crippen LogP contribution in [-0.4, -0.2) is 28.0 Å². The van der Waals surface area contributed by atoms with E-state index in [4.69, 9.17) is 0 Å². The molecule has 1 aliphatic carbocycles. The van der Waals surface area contributed by atoms with Crippen molar-refractivity contribution in [1.82, 2.24) is 9.97 Å². The second-order valence-electron chi connectivity index (χ2n) is 7.28. The van der Waals surface area contributed by atoms with Gasteiger partial charge in [-0.3, -0.25) is 9.59 Å². The van der Waals surface area contributed by atoms with Gasteiger partial charge in [-0.25, -0.2) is 9.97 Å². The number of pyridine rings is 1. The molecule has 4 rings (SSSR count). The Morgan fingerprint density at radius 2 is 1.84 bits per heavy atom. The lowest BCUT2D eigenvalue weighted by molar-refractivity contribution is -0.167. The van der Waals surface area contributed by atoms with Gasteiger partial charge in [0.15, 0.2) is 5.13 Å². The third-order valence-corrected chi connectivity index (χ3v) is 5.77. The summed E-state index contributed by atoms with van der Waals surface area (Å²) in [6, 6.07) is 9.46. The Kier molecular flexibility index (Phi) is 5.83. The molecule has 7 nitrogen and oxygen atoms in total. The highest BCUT2D eigenvalue weighted by Crippen LogP contribution is 2.36. The van der Waals surface area contributed by atoms with Crippen molar-refractivity contribution < 1.29 is 22.8 Å². The maximum absolute atomic E-state index is 12.5. The van der Waals surface area contributed by atoms with Crippen LogP contribution in [0, 0.1) is 12.8 Å². The van der Waals surface area contributed by atoms with Crippen molar-refractivity contribution in [3.8, 4) is 10.4 Å². The van der Waals surface area contributed by atoms with Crippen LogP contribution in [0.3, 0.4) is 0 Å². The number of carbonyl (C=O) groups is 2. The Morgan fingerprint density at radius 1 is 1.09 bits per heavy atom. The summed E-state index contributed by atoms with van der Waals surface area (Å²) in [6.07, 6.45) is -1.56. The lowest BCUT2D eigenvalue weighted by Gasteiger charge is -2.11. The van der Waals surface area contributed by atoms with Crippen molar-refractivity contribution in [2.45, 2.75) is 25.9 Å². The molecule has 0 unspecified atom stereocenters. The van der Waals surface area contributed by atoms with Gasteiger partial charge in [-0.05, 0) is 55.7 Å². The predicted octanol–water partition coefficient (Wildman–Crippen LogP) is 5.11. The molecule has 1 fully saturated rings. The number of amides is 2. The van der Waals surface area contributed by atoms with E-state index in [9.17, 15) is 22.8 Å². The van der Waals surface area contributed by atoms with Gasteiger partial charge in [0.05, 0.1) is 10.6 Å². The minimum atomic E-state index is -4.97. The topological polar surface area (TPSA) is 96.0 Å². The first-order chi connectivity index (χ1) is 15.2. The number of benzene rings is 1. The fourth-order valence-corrected chi connectivity index (χ4v) is 3.90. The molecule has 0 aliphatic heterocycles. The van der Waals surface area contributed by atoms with Crippen molar-refractivity contribution in [2.75, 3.05) is 16.0 Å². The number of anilines is 4. The summed E-state index contributed by atoms with van der Waals surface area (Å²) in [5.74, 6) is -1.52. The Bertz CT molecular complexity index is 1170. The van der Waals surface area contributed by atoms with E-state index in [1.54, 1.807) is 24.4 Å². The van der Waals surface area contributed by atoms with Crippen LogP contribution in [0.5, 0.6) is 0 Å². The number of halogens is 3. The van der Waals surface area contributed by atoms with Crippen LogP contribution in [0.2, 0.25) is 0 Å². The number of aromatic nitrogens is 2. The van der Waals surface area contributed by atoms with Crippen molar-refractivity contribution in [3.05, 3.63) is 48.3 Å². The van der Waals surface area contributed by atoms with E-state index >= 15 is 0 Å². The molecule has 0 radical (unpaired) electrons. The van der Waals surface area contributed by atoms with Gasteiger partial charge in [-0.15, -0.1) is 0 Å². The number of hydrogen-bond acceptors (Lipinski definition) is 6. The number of nitrogens with zero attached hydrogens (tertiary/aromatic N) is 2. The quantitative estimate of drug-likeness (QED) is 0.474. The summed E-state index contributed by atoms with van der Waals surface area (Å²) in [4.78, 5) is 32.7. The van der Waals surface area contributed by atoms with Gasteiger partial charge >= 0.3 is 12.1 Å². The van der Waals surface area contributed by atoms with E-state index < -0.39 is 12.1 Å². The SMILES string of the molecule is Cc1nc(NC(=O)C2CC2)sc1-c1ccnc(Nc2cccc(NC(=O)C(F)(F)F)c2)c1. The second kappa shape index (κ2) is 8.58. The van der Waals surface area contributed by atoms with Crippen molar-refractivity contribution >= 4 is 45.5 Å². The zero-order valence-electron chi connectivity index (χ0n) is 16.8. The minimum Gasteiger partial charge on any atom is -0.340 e. The van der Waals surface area contributed by atoms with E-state index in [-0.39, 0.29) is 17.5 Å². The Morgan fingerprint density at radius 3 is 2.56 bits per heavy atom. The number of thiazole rings is 1. The molecule has 0 bridgehead atoms. The molecule has 3 aromatic rings. The molecule has 1 saturated carbocycles. The Balaban J connectivity index is 1.49. The average Bonchev–Trinajstić information content (AvgIpc) is 3.51. The molecule has 2 amide bonds. The molecular weight excluding hydrogens is 443 g/mol. The highest BCUT2D eigenvalue weighted by molar-refractivity contribution is 7.19. The average molecular weight is 461 g/mol. The molecule has 1 aliphatic rings. The molecule has 166 valence electrons. The zero-order valence-corrected chi connectivity index (χ0v) is 17.6. The lowest BCUT2D eigenvalue weighted by atomic mass is 10.2. The summed E-state index contributed by atoms with van der Waals surface area (Å²) in [7, 11) is 0. The van der Waals surface area contributed by atoms with Crippen molar-refractivity contribution in [2.24, 2.45) is 5.92 Å². The number of carbonyl (C=O) groups excluding carboxylic acids is 2. The highest BCUT2D eigenvalue weighted by atomic mass is 32.1. The second-order valence-corrected chi connectivity index (χ2v) is 8.28. The Hall–Kier alpha value is -3.47. The summed E-state index contributed by atoms with van der Waals surface area (Å²) in [6.45, 7) is 1.85. The maximum Gasteiger partial charge on any atom is 0.471 e. The van der Waals surface area contributed by atoms with Crippen LogP contribution < -0.4 is 16.0 Å². The predicted molar refractivity (Wildman–Crippen MR) is 116 cm³/mol. The van der Waals surface area contributed by atoms with Gasteiger partial charge in [0.1, 0.15) is 5.82 Å². The van der Waals surface area contributed by atoms with E-state index in [0.29, 0.717) is 16.6 Å². The summed E-state index contributed by atoms with van der Waals surface area (Å²) < 4.78 is 37.4. The number of nitrogens with one attached hydrogen (secondary N) is 3. The van der Waals surface area contributed by atoms with Gasteiger partial charge < -0.3 is 16.0 Å². The van der Waals surface area contributed by atoms with Crippen molar-refractivity contribution in [3.63, 3.8) is 0 Å². The third kappa shape index (κ3) is 5.22. The van der Waals surface area contributed by atoms with Gasteiger partial charge in [0.25, 0.3) is 0 Å². The van der Waals surface area contributed by atoms with Gasteiger partial charge in [0.2, 0.25) is 5.91 Å². The minimum absolute atomic E-state index is 0.00262. The molecular formula is C21H18F3N5O2S. The molecule has 32 heavy (non-hydrogen) atoms. The molecule has 11 heteroatoms. The van der Waals surface area contributed by atoms with E-state index in [0.717, 1.165) is 29.0 Å². The number of alkyl halides is 3. The summed E-state index contributed by atoms with van der Waals surface area (Å²) in [5, 5.41) is 8.22.